The average Bonchev–Trinajstić information content (AvgIpc) is 2.79. The quantitative estimate of drug-likeness (QED) is 0.734. The van der Waals surface area contributed by atoms with Crippen LogP contribution in [0.3, 0.4) is 0 Å². The first-order valence-electron chi connectivity index (χ1n) is 6.90. The second kappa shape index (κ2) is 6.76. The lowest BCUT2D eigenvalue weighted by molar-refractivity contribution is -0.137. The Bertz CT molecular complexity index is 293. The molecule has 0 bridgehead atoms. The molecule has 1 aliphatic carbocycles. The van der Waals surface area contributed by atoms with Gasteiger partial charge in [-0.3, -0.25) is 9.59 Å². The first-order chi connectivity index (χ1) is 8.41. The summed E-state index contributed by atoms with van der Waals surface area (Å²) in [6.07, 6.45) is 6.07. The van der Waals surface area contributed by atoms with Crippen LogP contribution >= 0.6 is 0 Å². The van der Waals surface area contributed by atoms with Crippen LogP contribution in [0.4, 0.5) is 0 Å². The monoisotopic (exact) mass is 255 g/mol. The zero-order valence-corrected chi connectivity index (χ0v) is 11.5. The maximum absolute atomic E-state index is 11.8. The molecule has 0 saturated heterocycles. The normalized spacial score (nSPS) is 16.8. The molecule has 4 heteroatoms. The molecule has 0 atom stereocenters. The zero-order valence-electron chi connectivity index (χ0n) is 11.5. The van der Waals surface area contributed by atoms with Gasteiger partial charge < -0.3 is 10.4 Å². The molecule has 1 saturated carbocycles. The van der Waals surface area contributed by atoms with Crippen LogP contribution in [-0.2, 0) is 9.59 Å². The van der Waals surface area contributed by atoms with Crippen LogP contribution in [0.15, 0.2) is 0 Å². The number of rotatable bonds is 7. The fourth-order valence-corrected chi connectivity index (χ4v) is 2.43. The molecular formula is C14H25NO3. The lowest BCUT2D eigenvalue weighted by Gasteiger charge is -2.24. The molecule has 1 aliphatic rings. The molecule has 0 spiro atoms. The number of hydrogen-bond acceptors (Lipinski definition) is 2. The van der Waals surface area contributed by atoms with E-state index in [0.29, 0.717) is 13.0 Å². The minimum absolute atomic E-state index is 0.0264. The molecule has 2 N–H and O–H groups in total. The first-order valence-corrected chi connectivity index (χ1v) is 6.90. The summed E-state index contributed by atoms with van der Waals surface area (Å²) in [5, 5.41) is 11.6. The molecule has 18 heavy (non-hydrogen) atoms. The number of carbonyl (C=O) groups is 2. The van der Waals surface area contributed by atoms with Crippen molar-refractivity contribution in [3.63, 3.8) is 0 Å². The summed E-state index contributed by atoms with van der Waals surface area (Å²) in [5.74, 6) is -0.355. The highest BCUT2D eigenvalue weighted by Gasteiger charge is 2.23. The maximum Gasteiger partial charge on any atom is 0.303 e. The van der Waals surface area contributed by atoms with Crippen LogP contribution in [-0.4, -0.2) is 23.5 Å². The van der Waals surface area contributed by atoms with Crippen molar-refractivity contribution < 1.29 is 14.7 Å². The number of nitrogens with one attached hydrogen (secondary N) is 1. The summed E-state index contributed by atoms with van der Waals surface area (Å²) < 4.78 is 0. The Balaban J connectivity index is 2.19. The number of carboxylic acids is 1. The van der Waals surface area contributed by atoms with Crippen molar-refractivity contribution in [3.05, 3.63) is 0 Å². The van der Waals surface area contributed by atoms with E-state index in [1.165, 1.54) is 12.8 Å². The highest BCUT2D eigenvalue weighted by molar-refractivity contribution is 5.78. The third-order valence-corrected chi connectivity index (χ3v) is 3.84. The van der Waals surface area contributed by atoms with Crippen LogP contribution < -0.4 is 5.32 Å². The van der Waals surface area contributed by atoms with E-state index >= 15 is 0 Å². The molecule has 0 heterocycles. The van der Waals surface area contributed by atoms with Crippen LogP contribution in [0.25, 0.3) is 0 Å². The molecule has 1 amide bonds. The molecule has 0 aromatic carbocycles. The second-order valence-electron chi connectivity index (χ2n) is 6.08. The van der Waals surface area contributed by atoms with Crippen molar-refractivity contribution in [1.29, 1.82) is 0 Å². The Morgan fingerprint density at radius 2 is 1.83 bits per heavy atom. The summed E-state index contributed by atoms with van der Waals surface area (Å²) in [6.45, 7) is 4.76. The van der Waals surface area contributed by atoms with Crippen LogP contribution in [0.2, 0.25) is 0 Å². The lowest BCUT2D eigenvalue weighted by Crippen LogP contribution is -2.32. The molecule has 0 unspecified atom stereocenters. The van der Waals surface area contributed by atoms with Crippen molar-refractivity contribution in [2.24, 2.45) is 11.3 Å². The molecule has 1 rings (SSSR count). The topological polar surface area (TPSA) is 66.4 Å². The highest BCUT2D eigenvalue weighted by atomic mass is 16.4. The minimum atomic E-state index is -0.752. The Kier molecular flexibility index (Phi) is 5.63. The van der Waals surface area contributed by atoms with E-state index in [1.54, 1.807) is 0 Å². The van der Waals surface area contributed by atoms with Gasteiger partial charge in [0, 0.05) is 18.9 Å². The predicted molar refractivity (Wildman–Crippen MR) is 70.2 cm³/mol. The summed E-state index contributed by atoms with van der Waals surface area (Å²) in [6, 6.07) is 0. The minimum Gasteiger partial charge on any atom is -0.481 e. The van der Waals surface area contributed by atoms with Gasteiger partial charge in [-0.1, -0.05) is 26.7 Å². The van der Waals surface area contributed by atoms with E-state index in [4.69, 9.17) is 5.11 Å². The van der Waals surface area contributed by atoms with Crippen molar-refractivity contribution in [2.45, 2.75) is 58.8 Å². The Morgan fingerprint density at radius 3 is 2.39 bits per heavy atom. The van der Waals surface area contributed by atoms with Gasteiger partial charge >= 0.3 is 5.97 Å². The van der Waals surface area contributed by atoms with Crippen molar-refractivity contribution in [2.75, 3.05) is 6.54 Å². The molecule has 0 aromatic rings. The fourth-order valence-electron chi connectivity index (χ4n) is 2.43. The van der Waals surface area contributed by atoms with Crippen LogP contribution in [0.5, 0.6) is 0 Å². The summed E-state index contributed by atoms with van der Waals surface area (Å²) in [7, 11) is 0. The van der Waals surface area contributed by atoms with Gasteiger partial charge in [0.25, 0.3) is 0 Å². The van der Waals surface area contributed by atoms with E-state index in [2.05, 4.69) is 19.2 Å². The van der Waals surface area contributed by atoms with Gasteiger partial charge in [0.1, 0.15) is 0 Å². The van der Waals surface area contributed by atoms with Crippen molar-refractivity contribution in [3.8, 4) is 0 Å². The largest absolute Gasteiger partial charge is 0.481 e. The van der Waals surface area contributed by atoms with Gasteiger partial charge in [-0.15, -0.1) is 0 Å². The van der Waals surface area contributed by atoms with Gasteiger partial charge in [-0.05, 0) is 31.1 Å². The molecule has 0 radical (unpaired) electrons. The van der Waals surface area contributed by atoms with Gasteiger partial charge in [0.2, 0.25) is 5.91 Å². The van der Waals surface area contributed by atoms with E-state index in [-0.39, 0.29) is 23.7 Å². The third kappa shape index (κ3) is 5.52. The number of carboxylic acid groups (broad SMARTS) is 1. The van der Waals surface area contributed by atoms with Crippen molar-refractivity contribution in [1.82, 2.24) is 5.32 Å². The zero-order chi connectivity index (χ0) is 13.6. The molecule has 0 aromatic heterocycles. The summed E-state index contributed by atoms with van der Waals surface area (Å²) >= 11 is 0. The molecule has 1 fully saturated rings. The third-order valence-electron chi connectivity index (χ3n) is 3.84. The maximum atomic E-state index is 11.8. The van der Waals surface area contributed by atoms with Crippen molar-refractivity contribution >= 4 is 11.9 Å². The standard InChI is InChI=1S/C14H25NO3/c1-14(2,8-7-12(16)17)9-10-15-13(18)11-5-3-4-6-11/h11H,3-10H2,1-2H3,(H,15,18)(H,16,17). The van der Waals surface area contributed by atoms with Crippen LogP contribution in [0, 0.1) is 11.3 Å². The lowest BCUT2D eigenvalue weighted by atomic mass is 9.84. The van der Waals surface area contributed by atoms with E-state index < -0.39 is 5.97 Å². The Morgan fingerprint density at radius 1 is 1.22 bits per heavy atom. The van der Waals surface area contributed by atoms with Gasteiger partial charge in [-0.2, -0.15) is 0 Å². The summed E-state index contributed by atoms with van der Waals surface area (Å²) in [4.78, 5) is 22.3. The van der Waals surface area contributed by atoms with Gasteiger partial charge in [0.05, 0.1) is 0 Å². The predicted octanol–water partition coefficient (Wildman–Crippen LogP) is 2.57. The van der Waals surface area contributed by atoms with E-state index in [1.807, 2.05) is 0 Å². The fraction of sp³-hybridized carbons (Fsp3) is 0.857. The first kappa shape index (κ1) is 15.0. The molecule has 0 aliphatic heterocycles. The van der Waals surface area contributed by atoms with Gasteiger partial charge in [-0.25, -0.2) is 0 Å². The van der Waals surface area contributed by atoms with Gasteiger partial charge in [0.15, 0.2) is 0 Å². The number of hydrogen-bond donors (Lipinski definition) is 2. The van der Waals surface area contributed by atoms with E-state index in [0.717, 1.165) is 19.3 Å². The molecular weight excluding hydrogens is 230 g/mol. The smallest absolute Gasteiger partial charge is 0.303 e. The van der Waals surface area contributed by atoms with E-state index in [9.17, 15) is 9.59 Å². The summed E-state index contributed by atoms with van der Waals surface area (Å²) in [5.41, 5.74) is -0.0264. The number of amides is 1. The Labute approximate surface area is 109 Å². The molecule has 104 valence electrons. The SMILES string of the molecule is CC(C)(CCNC(=O)C1CCCC1)CCC(=O)O. The number of carbonyl (C=O) groups excluding carboxylic acids is 1. The Hall–Kier alpha value is -1.06. The highest BCUT2D eigenvalue weighted by Crippen LogP contribution is 2.27. The molecule has 4 nitrogen and oxygen atoms in total. The second-order valence-corrected chi connectivity index (χ2v) is 6.08. The average molecular weight is 255 g/mol. The number of aliphatic carboxylic acids is 1. The van der Waals surface area contributed by atoms with Crippen LogP contribution in [0.1, 0.15) is 58.8 Å².